The molecule has 1 atom stereocenters. The van der Waals surface area contributed by atoms with Gasteiger partial charge < -0.3 is 15.0 Å². The molecule has 2 rings (SSSR count). The summed E-state index contributed by atoms with van der Waals surface area (Å²) in [5.41, 5.74) is 6.55. The van der Waals surface area contributed by atoms with Gasteiger partial charge in [0.1, 0.15) is 0 Å². The highest BCUT2D eigenvalue weighted by Crippen LogP contribution is 2.39. The summed E-state index contributed by atoms with van der Waals surface area (Å²) in [4.78, 5) is 0. The molecule has 5 heteroatoms. The fourth-order valence-corrected chi connectivity index (χ4v) is 2.14. The lowest BCUT2D eigenvalue weighted by molar-refractivity contribution is 0.00578. The predicted molar refractivity (Wildman–Crippen MR) is 77.2 cm³/mol. The van der Waals surface area contributed by atoms with Crippen molar-refractivity contribution in [3.8, 4) is 0 Å². The van der Waals surface area contributed by atoms with E-state index < -0.39 is 7.12 Å². The molecule has 1 fully saturated rings. The first-order valence-corrected chi connectivity index (χ1v) is 6.89. The van der Waals surface area contributed by atoms with E-state index in [1.54, 1.807) is 0 Å². The van der Waals surface area contributed by atoms with Gasteiger partial charge in [0.2, 0.25) is 0 Å². The summed E-state index contributed by atoms with van der Waals surface area (Å²) in [6.45, 7) is 8.12. The summed E-state index contributed by atoms with van der Waals surface area (Å²) >= 11 is 3.41. The molecule has 0 radical (unpaired) electrons. The molecular weight excluding hydrogens is 293 g/mol. The van der Waals surface area contributed by atoms with Crippen LogP contribution in [0.1, 0.15) is 39.2 Å². The molecule has 18 heavy (non-hydrogen) atoms. The highest BCUT2D eigenvalue weighted by molar-refractivity contribution is 9.10. The van der Waals surface area contributed by atoms with Crippen LogP contribution in [0.2, 0.25) is 0 Å². The minimum absolute atomic E-state index is 0.279. The summed E-state index contributed by atoms with van der Waals surface area (Å²) in [6.07, 6.45) is 0. The van der Waals surface area contributed by atoms with Gasteiger partial charge in [0.05, 0.1) is 17.1 Å². The molecule has 1 heterocycles. The number of hydrogen-bond donors (Lipinski definition) is 1. The Kier molecular flexibility index (Phi) is 3.62. The Morgan fingerprint density at radius 2 is 1.50 bits per heavy atom. The minimum atomic E-state index is -0.406. The van der Waals surface area contributed by atoms with E-state index in [4.69, 9.17) is 15.0 Å². The zero-order valence-corrected chi connectivity index (χ0v) is 12.8. The summed E-state index contributed by atoms with van der Waals surface area (Å²) in [7, 11) is -0.406. The van der Waals surface area contributed by atoms with Gasteiger partial charge in [-0.05, 0) is 45.4 Å². The maximum Gasteiger partial charge on any atom is 0.480 e. The fraction of sp³-hybridized carbons (Fsp3) is 0.538. The van der Waals surface area contributed by atoms with Crippen LogP contribution in [0.15, 0.2) is 28.7 Å². The van der Waals surface area contributed by atoms with E-state index in [0.717, 1.165) is 10.0 Å². The smallest absolute Gasteiger partial charge is 0.402 e. The molecule has 1 aliphatic rings. The molecule has 0 aliphatic carbocycles. The minimum Gasteiger partial charge on any atom is -0.402 e. The lowest BCUT2D eigenvalue weighted by Gasteiger charge is -2.32. The largest absolute Gasteiger partial charge is 0.480 e. The standard InChI is InChI=1S/C13H19BBrNO2/c1-12(2)13(3,4)18-14(17-12)11(16)9-5-7-10(15)8-6-9/h5-8,11H,16H2,1-4H3/t11-/m0/s1. The quantitative estimate of drug-likeness (QED) is 0.854. The van der Waals surface area contributed by atoms with Crippen molar-refractivity contribution in [2.45, 2.75) is 44.8 Å². The third kappa shape index (κ3) is 2.50. The highest BCUT2D eigenvalue weighted by atomic mass is 79.9. The molecule has 2 N–H and O–H groups in total. The van der Waals surface area contributed by atoms with E-state index in [2.05, 4.69) is 15.9 Å². The van der Waals surface area contributed by atoms with E-state index in [0.29, 0.717) is 0 Å². The predicted octanol–water partition coefficient (Wildman–Crippen LogP) is 3.08. The zero-order valence-electron chi connectivity index (χ0n) is 11.2. The van der Waals surface area contributed by atoms with Crippen LogP contribution < -0.4 is 5.73 Å². The Morgan fingerprint density at radius 3 is 1.94 bits per heavy atom. The second kappa shape index (κ2) is 4.64. The van der Waals surface area contributed by atoms with Gasteiger partial charge in [0, 0.05) is 4.47 Å². The average Bonchev–Trinajstić information content (AvgIpc) is 2.48. The Hall–Kier alpha value is -0.355. The molecule has 0 bridgehead atoms. The highest BCUT2D eigenvalue weighted by Gasteiger charge is 2.53. The van der Waals surface area contributed by atoms with Crippen molar-refractivity contribution in [1.29, 1.82) is 0 Å². The average molecular weight is 312 g/mol. The molecule has 1 aromatic rings. The second-order valence-electron chi connectivity index (χ2n) is 5.70. The Morgan fingerprint density at radius 1 is 1.06 bits per heavy atom. The number of hydrogen-bond acceptors (Lipinski definition) is 3. The number of halogens is 1. The molecule has 0 saturated carbocycles. The van der Waals surface area contributed by atoms with Gasteiger partial charge in [-0.2, -0.15) is 0 Å². The Labute approximate surface area is 117 Å². The third-order valence-corrected chi connectivity index (χ3v) is 4.35. The van der Waals surface area contributed by atoms with Gasteiger partial charge in [0.15, 0.2) is 0 Å². The van der Waals surface area contributed by atoms with E-state index >= 15 is 0 Å². The van der Waals surface area contributed by atoms with Crippen LogP contribution in [0.3, 0.4) is 0 Å². The van der Waals surface area contributed by atoms with Gasteiger partial charge in [-0.25, -0.2) is 0 Å². The SMILES string of the molecule is CC1(C)OB([C@@H](N)c2ccc(Br)cc2)OC1(C)C. The number of rotatable bonds is 2. The topological polar surface area (TPSA) is 44.5 Å². The molecule has 98 valence electrons. The summed E-state index contributed by atoms with van der Waals surface area (Å²) < 4.78 is 12.9. The third-order valence-electron chi connectivity index (χ3n) is 3.82. The van der Waals surface area contributed by atoms with Crippen molar-refractivity contribution in [3.63, 3.8) is 0 Å². The van der Waals surface area contributed by atoms with E-state index in [-0.39, 0.29) is 17.1 Å². The van der Waals surface area contributed by atoms with Crippen molar-refractivity contribution in [2.24, 2.45) is 5.73 Å². The van der Waals surface area contributed by atoms with Crippen LogP contribution >= 0.6 is 15.9 Å². The maximum atomic E-state index is 6.23. The molecule has 3 nitrogen and oxygen atoms in total. The van der Waals surface area contributed by atoms with Crippen LogP contribution in [0.5, 0.6) is 0 Å². The molecule has 0 amide bonds. The normalized spacial score (nSPS) is 23.1. The van der Waals surface area contributed by atoms with Crippen molar-refractivity contribution < 1.29 is 9.31 Å². The van der Waals surface area contributed by atoms with Gasteiger partial charge in [-0.3, -0.25) is 0 Å². The second-order valence-corrected chi connectivity index (χ2v) is 6.62. The molecule has 0 aromatic heterocycles. The molecule has 0 spiro atoms. The van der Waals surface area contributed by atoms with Crippen LogP contribution in [0.25, 0.3) is 0 Å². The monoisotopic (exact) mass is 311 g/mol. The van der Waals surface area contributed by atoms with Crippen molar-refractivity contribution >= 4 is 23.0 Å². The van der Waals surface area contributed by atoms with E-state index in [9.17, 15) is 0 Å². The lowest BCUT2D eigenvalue weighted by Crippen LogP contribution is -2.41. The van der Waals surface area contributed by atoms with Gasteiger partial charge in [0.25, 0.3) is 0 Å². The van der Waals surface area contributed by atoms with Crippen LogP contribution in [0, 0.1) is 0 Å². The van der Waals surface area contributed by atoms with E-state index in [1.165, 1.54) is 0 Å². The van der Waals surface area contributed by atoms with Crippen LogP contribution in [-0.2, 0) is 9.31 Å². The van der Waals surface area contributed by atoms with Gasteiger partial charge in [-0.15, -0.1) is 0 Å². The summed E-state index contributed by atoms with van der Waals surface area (Å²) in [5, 5.41) is 0. The molecule has 1 aliphatic heterocycles. The van der Waals surface area contributed by atoms with Crippen LogP contribution in [-0.4, -0.2) is 18.3 Å². The summed E-state index contributed by atoms with van der Waals surface area (Å²) in [5.74, 6) is -0.279. The number of nitrogens with two attached hydrogens (primary N) is 1. The van der Waals surface area contributed by atoms with Crippen molar-refractivity contribution in [2.75, 3.05) is 0 Å². The molecular formula is C13H19BBrNO2. The fourth-order valence-electron chi connectivity index (χ4n) is 1.88. The molecule has 0 unspecified atom stereocenters. The molecule has 1 aromatic carbocycles. The first-order chi connectivity index (χ1) is 8.23. The number of benzene rings is 1. The van der Waals surface area contributed by atoms with Gasteiger partial charge in [-0.1, -0.05) is 28.1 Å². The Balaban J connectivity index is 2.17. The molecule has 1 saturated heterocycles. The first-order valence-electron chi connectivity index (χ1n) is 6.10. The summed E-state index contributed by atoms with van der Waals surface area (Å²) in [6, 6.07) is 7.92. The maximum absolute atomic E-state index is 6.23. The van der Waals surface area contributed by atoms with Crippen LogP contribution in [0.4, 0.5) is 0 Å². The van der Waals surface area contributed by atoms with Crippen molar-refractivity contribution in [1.82, 2.24) is 0 Å². The van der Waals surface area contributed by atoms with E-state index in [1.807, 2.05) is 52.0 Å². The lowest BCUT2D eigenvalue weighted by atomic mass is 9.75. The Bertz CT molecular complexity index is 417. The van der Waals surface area contributed by atoms with Gasteiger partial charge >= 0.3 is 7.12 Å². The zero-order chi connectivity index (χ0) is 13.6. The first kappa shape index (κ1) is 14.1. The van der Waals surface area contributed by atoms with Crippen molar-refractivity contribution in [3.05, 3.63) is 34.3 Å².